The summed E-state index contributed by atoms with van der Waals surface area (Å²) in [6.45, 7) is 5.32. The van der Waals surface area contributed by atoms with E-state index in [0.29, 0.717) is 37.1 Å². The van der Waals surface area contributed by atoms with E-state index in [4.69, 9.17) is 4.74 Å². The molecule has 4 rings (SSSR count). The Kier molecular flexibility index (Phi) is 4.89. The number of amides is 3. The summed E-state index contributed by atoms with van der Waals surface area (Å²) in [5.74, 6) is -0.521. The van der Waals surface area contributed by atoms with E-state index in [9.17, 15) is 14.4 Å². The largest absolute Gasteiger partial charge is 0.372 e. The van der Waals surface area contributed by atoms with Gasteiger partial charge < -0.3 is 9.64 Å². The molecule has 0 aliphatic carbocycles. The fourth-order valence-corrected chi connectivity index (χ4v) is 4.21. The molecule has 0 aromatic heterocycles. The zero-order valence-electron chi connectivity index (χ0n) is 16.2. The van der Waals surface area contributed by atoms with Gasteiger partial charge in [0.1, 0.15) is 0 Å². The van der Waals surface area contributed by atoms with Crippen LogP contribution in [0.25, 0.3) is 10.8 Å². The molecular weight excluding hydrogens is 356 g/mol. The number of carbonyl (C=O) groups excluding carboxylic acids is 3. The molecule has 0 spiro atoms. The number of imide groups is 1. The first kappa shape index (κ1) is 18.6. The van der Waals surface area contributed by atoms with Crippen molar-refractivity contribution in [3.63, 3.8) is 0 Å². The Morgan fingerprint density at radius 1 is 1.00 bits per heavy atom. The molecule has 0 N–H and O–H groups in total. The van der Waals surface area contributed by atoms with Crippen molar-refractivity contribution < 1.29 is 19.1 Å². The number of nitrogens with zero attached hydrogens (tertiary/aromatic N) is 2. The lowest BCUT2D eigenvalue weighted by molar-refractivity contribution is -0.143. The molecule has 0 saturated carbocycles. The molecule has 2 aromatic carbocycles. The minimum atomic E-state index is -0.282. The molecule has 0 radical (unpaired) electrons. The number of hydrogen-bond acceptors (Lipinski definition) is 4. The Morgan fingerprint density at radius 2 is 1.57 bits per heavy atom. The fraction of sp³-hybridized carbons (Fsp3) is 0.409. The monoisotopic (exact) mass is 380 g/mol. The molecule has 28 heavy (non-hydrogen) atoms. The molecule has 2 atom stereocenters. The first-order valence-corrected chi connectivity index (χ1v) is 9.77. The Balaban J connectivity index is 1.44. The average Bonchev–Trinajstić information content (AvgIpc) is 2.67. The standard InChI is InChI=1S/C22H24N2O4/c1-14-12-23(13-15(2)28-14)19(25)10-5-11-24-21(26)17-8-3-6-16-7-4-9-18(20(16)17)22(24)27/h3-4,6-9,14-15H,5,10-13H2,1-2H3/t14-,15+. The maximum absolute atomic E-state index is 12.9. The lowest BCUT2D eigenvalue weighted by Gasteiger charge is -2.35. The second kappa shape index (κ2) is 7.36. The van der Waals surface area contributed by atoms with Gasteiger partial charge in [-0.15, -0.1) is 0 Å². The number of morpholine rings is 1. The van der Waals surface area contributed by atoms with Crippen LogP contribution in [0.3, 0.4) is 0 Å². The van der Waals surface area contributed by atoms with Crippen LogP contribution in [0.2, 0.25) is 0 Å². The van der Waals surface area contributed by atoms with Crippen LogP contribution in [-0.2, 0) is 9.53 Å². The molecule has 3 amide bonds. The van der Waals surface area contributed by atoms with Crippen molar-refractivity contribution in [2.75, 3.05) is 19.6 Å². The third-order valence-corrected chi connectivity index (χ3v) is 5.40. The van der Waals surface area contributed by atoms with Crippen molar-refractivity contribution in [2.45, 2.75) is 38.9 Å². The lowest BCUT2D eigenvalue weighted by atomic mass is 9.94. The smallest absolute Gasteiger partial charge is 0.261 e. The summed E-state index contributed by atoms with van der Waals surface area (Å²) >= 11 is 0. The highest BCUT2D eigenvalue weighted by molar-refractivity contribution is 6.25. The molecule has 1 saturated heterocycles. The highest BCUT2D eigenvalue weighted by atomic mass is 16.5. The van der Waals surface area contributed by atoms with Gasteiger partial charge in [-0.1, -0.05) is 24.3 Å². The highest BCUT2D eigenvalue weighted by Gasteiger charge is 2.32. The SMILES string of the molecule is C[C@@H]1CN(C(=O)CCCN2C(=O)c3cccc4cccc(c34)C2=O)C[C@H](C)O1. The molecule has 146 valence electrons. The van der Waals surface area contributed by atoms with E-state index < -0.39 is 0 Å². The number of carbonyl (C=O) groups is 3. The van der Waals surface area contributed by atoms with Crippen LogP contribution in [-0.4, -0.2) is 59.4 Å². The van der Waals surface area contributed by atoms with Crippen molar-refractivity contribution in [3.05, 3.63) is 47.5 Å². The molecule has 2 aliphatic rings. The van der Waals surface area contributed by atoms with E-state index in [-0.39, 0.29) is 36.5 Å². The Labute approximate surface area is 164 Å². The van der Waals surface area contributed by atoms with E-state index in [1.54, 1.807) is 12.1 Å². The van der Waals surface area contributed by atoms with Gasteiger partial charge in [-0.3, -0.25) is 19.3 Å². The summed E-state index contributed by atoms with van der Waals surface area (Å²) in [5, 5.41) is 1.62. The van der Waals surface area contributed by atoms with Gasteiger partial charge in [0, 0.05) is 42.6 Å². The van der Waals surface area contributed by atoms with Gasteiger partial charge in [0.2, 0.25) is 5.91 Å². The van der Waals surface area contributed by atoms with Crippen molar-refractivity contribution in [1.29, 1.82) is 0 Å². The number of rotatable bonds is 4. The molecule has 6 heteroatoms. The number of ether oxygens (including phenoxy) is 1. The van der Waals surface area contributed by atoms with E-state index in [0.717, 1.165) is 10.8 Å². The van der Waals surface area contributed by atoms with E-state index in [1.807, 2.05) is 43.0 Å². The van der Waals surface area contributed by atoms with Crippen molar-refractivity contribution >= 4 is 28.5 Å². The van der Waals surface area contributed by atoms with Crippen molar-refractivity contribution in [3.8, 4) is 0 Å². The molecule has 0 bridgehead atoms. The van der Waals surface area contributed by atoms with Crippen molar-refractivity contribution in [1.82, 2.24) is 9.80 Å². The first-order chi connectivity index (χ1) is 13.5. The summed E-state index contributed by atoms with van der Waals surface area (Å²) in [7, 11) is 0. The predicted molar refractivity (Wildman–Crippen MR) is 105 cm³/mol. The number of benzene rings is 2. The average molecular weight is 380 g/mol. The van der Waals surface area contributed by atoms with Gasteiger partial charge in [0.15, 0.2) is 0 Å². The fourth-order valence-electron chi connectivity index (χ4n) is 4.21. The normalized spacial score (nSPS) is 22.1. The second-order valence-electron chi connectivity index (χ2n) is 7.63. The minimum Gasteiger partial charge on any atom is -0.372 e. The molecule has 2 heterocycles. The van der Waals surface area contributed by atoms with Crippen LogP contribution in [0.4, 0.5) is 0 Å². The van der Waals surface area contributed by atoms with Gasteiger partial charge in [0.25, 0.3) is 11.8 Å². The van der Waals surface area contributed by atoms with Crippen LogP contribution in [0.15, 0.2) is 36.4 Å². The zero-order valence-corrected chi connectivity index (χ0v) is 16.2. The van der Waals surface area contributed by atoms with Crippen LogP contribution >= 0.6 is 0 Å². The van der Waals surface area contributed by atoms with Crippen LogP contribution in [0.1, 0.15) is 47.4 Å². The summed E-state index contributed by atoms with van der Waals surface area (Å²) in [4.78, 5) is 41.4. The van der Waals surface area contributed by atoms with Gasteiger partial charge in [-0.2, -0.15) is 0 Å². The number of hydrogen-bond donors (Lipinski definition) is 0. The molecule has 2 aliphatic heterocycles. The Hall–Kier alpha value is -2.73. The Bertz CT molecular complexity index is 894. The maximum Gasteiger partial charge on any atom is 0.261 e. The molecule has 6 nitrogen and oxygen atoms in total. The van der Waals surface area contributed by atoms with Gasteiger partial charge >= 0.3 is 0 Å². The van der Waals surface area contributed by atoms with Gasteiger partial charge in [0.05, 0.1) is 12.2 Å². The first-order valence-electron chi connectivity index (χ1n) is 9.77. The van der Waals surface area contributed by atoms with Crippen LogP contribution in [0.5, 0.6) is 0 Å². The minimum absolute atomic E-state index is 0.0231. The van der Waals surface area contributed by atoms with Crippen LogP contribution in [0, 0.1) is 0 Å². The van der Waals surface area contributed by atoms with E-state index in [1.165, 1.54) is 4.90 Å². The third-order valence-electron chi connectivity index (χ3n) is 5.40. The topological polar surface area (TPSA) is 66.9 Å². The van der Waals surface area contributed by atoms with E-state index in [2.05, 4.69) is 0 Å². The van der Waals surface area contributed by atoms with Crippen molar-refractivity contribution in [2.24, 2.45) is 0 Å². The maximum atomic E-state index is 12.9. The van der Waals surface area contributed by atoms with Gasteiger partial charge in [-0.25, -0.2) is 0 Å². The summed E-state index contributed by atoms with van der Waals surface area (Å²) in [5.41, 5.74) is 1.10. The Morgan fingerprint density at radius 3 is 2.14 bits per heavy atom. The zero-order chi connectivity index (χ0) is 19.8. The molecule has 2 aromatic rings. The van der Waals surface area contributed by atoms with Gasteiger partial charge in [-0.05, 0) is 37.8 Å². The van der Waals surface area contributed by atoms with Crippen LogP contribution < -0.4 is 0 Å². The third kappa shape index (κ3) is 3.29. The molecule has 0 unspecified atom stereocenters. The van der Waals surface area contributed by atoms with E-state index >= 15 is 0 Å². The highest BCUT2D eigenvalue weighted by Crippen LogP contribution is 2.30. The quantitative estimate of drug-likeness (QED) is 0.765. The molecule has 1 fully saturated rings. The lowest BCUT2D eigenvalue weighted by Crippen LogP contribution is -2.48. The predicted octanol–water partition coefficient (Wildman–Crippen LogP) is 2.85. The summed E-state index contributed by atoms with van der Waals surface area (Å²) in [6, 6.07) is 11.0. The second-order valence-corrected chi connectivity index (χ2v) is 7.63. The summed E-state index contributed by atoms with van der Waals surface area (Å²) in [6.07, 6.45) is 0.807. The molecular formula is C22H24N2O4. The summed E-state index contributed by atoms with van der Waals surface area (Å²) < 4.78 is 5.66.